The van der Waals surface area contributed by atoms with E-state index in [-0.39, 0.29) is 10.8 Å². The number of sulfonamides is 1. The molecule has 2 aromatic heterocycles. The fourth-order valence-corrected chi connectivity index (χ4v) is 4.85. The number of pyridine rings is 1. The summed E-state index contributed by atoms with van der Waals surface area (Å²) in [6, 6.07) is 3.22. The summed E-state index contributed by atoms with van der Waals surface area (Å²) in [7, 11) is -3.54. The van der Waals surface area contributed by atoms with E-state index >= 15 is 0 Å². The monoisotopic (exact) mass is 380 g/mol. The van der Waals surface area contributed by atoms with Gasteiger partial charge in [-0.2, -0.15) is 0 Å². The molecule has 1 N–H and O–H groups in total. The van der Waals surface area contributed by atoms with Gasteiger partial charge in [-0.15, -0.1) is 11.3 Å². The SMILES string of the molecule is Cc1cnccc1CNS(=O)(=O)c1cc(Cl)c(Br)s1. The standard InChI is InChI=1S/C11H10BrClN2O2S2/c1-7-5-14-3-2-8(7)6-15-19(16,17)10-4-9(13)11(12)18-10/h2-5,15H,6H2,1H3. The van der Waals surface area contributed by atoms with Crippen LogP contribution >= 0.6 is 38.9 Å². The molecule has 19 heavy (non-hydrogen) atoms. The third-order valence-corrected chi connectivity index (χ3v) is 6.83. The molecule has 2 heterocycles. The summed E-state index contributed by atoms with van der Waals surface area (Å²) >= 11 is 10.1. The zero-order chi connectivity index (χ0) is 14.0. The topological polar surface area (TPSA) is 59.1 Å². The van der Waals surface area contributed by atoms with Crippen LogP contribution in [0, 0.1) is 6.92 Å². The number of aromatic nitrogens is 1. The Morgan fingerprint density at radius 3 is 2.84 bits per heavy atom. The van der Waals surface area contributed by atoms with Gasteiger partial charge >= 0.3 is 0 Å². The van der Waals surface area contributed by atoms with Gasteiger partial charge in [0.25, 0.3) is 0 Å². The van der Waals surface area contributed by atoms with Crippen molar-refractivity contribution in [1.29, 1.82) is 0 Å². The molecule has 0 aliphatic heterocycles. The predicted octanol–water partition coefficient (Wildman–Crippen LogP) is 3.35. The smallest absolute Gasteiger partial charge is 0.250 e. The first-order chi connectivity index (χ1) is 8.90. The van der Waals surface area contributed by atoms with Crippen LogP contribution in [-0.4, -0.2) is 13.4 Å². The minimum absolute atomic E-state index is 0.191. The van der Waals surface area contributed by atoms with Gasteiger partial charge in [-0.1, -0.05) is 11.6 Å². The number of nitrogens with zero attached hydrogens (tertiary/aromatic N) is 1. The van der Waals surface area contributed by atoms with Crippen molar-refractivity contribution in [2.75, 3.05) is 0 Å². The van der Waals surface area contributed by atoms with Crippen molar-refractivity contribution >= 4 is 48.9 Å². The summed E-state index contributed by atoms with van der Waals surface area (Å²) < 4.78 is 27.5. The number of thiophene rings is 1. The Morgan fingerprint density at radius 2 is 2.26 bits per heavy atom. The lowest BCUT2D eigenvalue weighted by atomic mass is 10.2. The van der Waals surface area contributed by atoms with Crippen LogP contribution in [-0.2, 0) is 16.6 Å². The molecule has 0 bridgehead atoms. The van der Waals surface area contributed by atoms with E-state index < -0.39 is 10.0 Å². The number of hydrogen-bond donors (Lipinski definition) is 1. The number of aryl methyl sites for hydroxylation is 1. The fourth-order valence-electron chi connectivity index (χ4n) is 1.40. The van der Waals surface area contributed by atoms with Gasteiger partial charge in [-0.05, 0) is 46.1 Å². The van der Waals surface area contributed by atoms with E-state index in [2.05, 4.69) is 25.6 Å². The van der Waals surface area contributed by atoms with Crippen molar-refractivity contribution in [2.24, 2.45) is 0 Å². The van der Waals surface area contributed by atoms with E-state index in [9.17, 15) is 8.42 Å². The first-order valence-corrected chi connectivity index (χ1v) is 8.71. The van der Waals surface area contributed by atoms with Gasteiger partial charge in [-0.3, -0.25) is 4.98 Å². The second-order valence-electron chi connectivity index (χ2n) is 3.81. The maximum absolute atomic E-state index is 12.1. The van der Waals surface area contributed by atoms with Crippen molar-refractivity contribution in [2.45, 2.75) is 17.7 Å². The van der Waals surface area contributed by atoms with Crippen LogP contribution in [0.1, 0.15) is 11.1 Å². The van der Waals surface area contributed by atoms with Crippen LogP contribution in [0.4, 0.5) is 0 Å². The van der Waals surface area contributed by atoms with Crippen molar-refractivity contribution in [1.82, 2.24) is 9.71 Å². The van der Waals surface area contributed by atoms with E-state index in [1.54, 1.807) is 18.5 Å². The molecular weight excluding hydrogens is 372 g/mol. The van der Waals surface area contributed by atoms with Crippen LogP contribution in [0.5, 0.6) is 0 Å². The Morgan fingerprint density at radius 1 is 1.53 bits per heavy atom. The maximum atomic E-state index is 12.1. The van der Waals surface area contributed by atoms with Crippen LogP contribution in [0.2, 0.25) is 5.02 Å². The average molecular weight is 382 g/mol. The molecule has 0 aromatic carbocycles. The Hall–Kier alpha value is -0.470. The van der Waals surface area contributed by atoms with E-state index in [0.717, 1.165) is 22.5 Å². The van der Waals surface area contributed by atoms with Crippen molar-refractivity contribution in [3.8, 4) is 0 Å². The summed E-state index contributed by atoms with van der Waals surface area (Å²) in [6.45, 7) is 2.11. The van der Waals surface area contributed by atoms with Crippen LogP contribution in [0.3, 0.4) is 0 Å². The number of nitrogens with one attached hydrogen (secondary N) is 1. The van der Waals surface area contributed by atoms with E-state index in [1.807, 2.05) is 6.92 Å². The highest BCUT2D eigenvalue weighted by Gasteiger charge is 2.18. The molecule has 4 nitrogen and oxygen atoms in total. The number of halogens is 2. The largest absolute Gasteiger partial charge is 0.264 e. The van der Waals surface area contributed by atoms with Crippen LogP contribution in [0.25, 0.3) is 0 Å². The average Bonchev–Trinajstić information content (AvgIpc) is 2.70. The van der Waals surface area contributed by atoms with Gasteiger partial charge in [0.1, 0.15) is 4.21 Å². The minimum atomic E-state index is -3.54. The molecule has 8 heteroatoms. The van der Waals surface area contributed by atoms with E-state index in [1.165, 1.54) is 6.07 Å². The number of rotatable bonds is 4. The summed E-state index contributed by atoms with van der Waals surface area (Å²) in [5.41, 5.74) is 1.83. The molecule has 0 unspecified atom stereocenters. The van der Waals surface area contributed by atoms with Crippen molar-refractivity contribution < 1.29 is 8.42 Å². The van der Waals surface area contributed by atoms with Crippen molar-refractivity contribution in [3.63, 3.8) is 0 Å². The zero-order valence-electron chi connectivity index (χ0n) is 9.85. The lowest BCUT2D eigenvalue weighted by molar-refractivity contribution is 0.583. The molecule has 0 saturated heterocycles. The molecule has 0 aliphatic rings. The second-order valence-corrected chi connectivity index (χ2v) is 8.58. The van der Waals surface area contributed by atoms with Gasteiger partial charge in [0.15, 0.2) is 0 Å². The Balaban J connectivity index is 2.17. The summed E-state index contributed by atoms with van der Waals surface area (Å²) in [5, 5.41) is 0.394. The Labute approximate surface area is 129 Å². The summed E-state index contributed by atoms with van der Waals surface area (Å²) in [4.78, 5) is 3.96. The number of hydrogen-bond acceptors (Lipinski definition) is 4. The lowest BCUT2D eigenvalue weighted by Gasteiger charge is -2.06. The molecule has 0 atom stereocenters. The molecule has 0 radical (unpaired) electrons. The van der Waals surface area contributed by atoms with Gasteiger partial charge in [-0.25, -0.2) is 13.1 Å². The third-order valence-electron chi connectivity index (χ3n) is 2.48. The molecule has 0 aliphatic carbocycles. The van der Waals surface area contributed by atoms with E-state index in [4.69, 9.17) is 11.6 Å². The third kappa shape index (κ3) is 3.55. The highest BCUT2D eigenvalue weighted by molar-refractivity contribution is 9.11. The van der Waals surface area contributed by atoms with Crippen LogP contribution < -0.4 is 4.72 Å². The van der Waals surface area contributed by atoms with Gasteiger partial charge in [0.05, 0.1) is 8.81 Å². The van der Waals surface area contributed by atoms with Gasteiger partial charge in [0.2, 0.25) is 10.0 Å². The fraction of sp³-hybridized carbons (Fsp3) is 0.182. The molecular formula is C11H10BrClN2O2S2. The molecule has 0 amide bonds. The molecule has 2 rings (SSSR count). The van der Waals surface area contributed by atoms with Crippen molar-refractivity contribution in [3.05, 3.63) is 44.5 Å². The molecule has 0 fully saturated rings. The molecule has 0 spiro atoms. The Kier molecular flexibility index (Phi) is 4.62. The highest BCUT2D eigenvalue weighted by atomic mass is 79.9. The summed E-state index contributed by atoms with van der Waals surface area (Å²) in [5.74, 6) is 0. The maximum Gasteiger partial charge on any atom is 0.250 e. The minimum Gasteiger partial charge on any atom is -0.264 e. The van der Waals surface area contributed by atoms with Crippen LogP contribution in [0.15, 0.2) is 32.5 Å². The zero-order valence-corrected chi connectivity index (χ0v) is 13.8. The lowest BCUT2D eigenvalue weighted by Crippen LogP contribution is -2.22. The van der Waals surface area contributed by atoms with E-state index in [0.29, 0.717) is 8.81 Å². The predicted molar refractivity (Wildman–Crippen MR) is 80.0 cm³/mol. The normalized spacial score (nSPS) is 11.7. The van der Waals surface area contributed by atoms with Gasteiger partial charge in [0, 0.05) is 18.9 Å². The first kappa shape index (κ1) is 14.9. The summed E-state index contributed by atoms with van der Waals surface area (Å²) in [6.07, 6.45) is 3.33. The van der Waals surface area contributed by atoms with Gasteiger partial charge < -0.3 is 0 Å². The second kappa shape index (κ2) is 5.88. The molecule has 102 valence electrons. The quantitative estimate of drug-likeness (QED) is 0.883. The molecule has 2 aromatic rings. The highest BCUT2D eigenvalue weighted by Crippen LogP contribution is 2.34. The first-order valence-electron chi connectivity index (χ1n) is 5.24. The molecule has 0 saturated carbocycles. The Bertz CT molecular complexity index is 681.